The predicted octanol–water partition coefficient (Wildman–Crippen LogP) is 4.46. The zero-order valence-corrected chi connectivity index (χ0v) is 13.2. The lowest BCUT2D eigenvalue weighted by molar-refractivity contribution is 0.0890. The standard InChI is InChI=1S/C15H21Cl2NO/c1-15(2,3)18-9-10-7-8-19-14(10)11-5-4-6-12(16)13(11)17/h4-6,10,14,18H,7-9H2,1-3H3. The summed E-state index contributed by atoms with van der Waals surface area (Å²) in [7, 11) is 0. The highest BCUT2D eigenvalue weighted by Gasteiger charge is 2.32. The fourth-order valence-electron chi connectivity index (χ4n) is 2.36. The summed E-state index contributed by atoms with van der Waals surface area (Å²) in [4.78, 5) is 0. The van der Waals surface area contributed by atoms with Gasteiger partial charge in [0.1, 0.15) is 0 Å². The number of nitrogens with one attached hydrogen (secondary N) is 1. The van der Waals surface area contributed by atoms with Crippen LogP contribution in [-0.4, -0.2) is 18.7 Å². The van der Waals surface area contributed by atoms with Crippen molar-refractivity contribution in [2.75, 3.05) is 13.2 Å². The van der Waals surface area contributed by atoms with E-state index in [2.05, 4.69) is 26.1 Å². The zero-order chi connectivity index (χ0) is 14.0. The largest absolute Gasteiger partial charge is 0.373 e. The van der Waals surface area contributed by atoms with Crippen molar-refractivity contribution in [2.45, 2.75) is 38.8 Å². The molecule has 1 N–H and O–H groups in total. The molecule has 19 heavy (non-hydrogen) atoms. The Morgan fingerprint density at radius 2 is 2.05 bits per heavy atom. The van der Waals surface area contributed by atoms with Crippen molar-refractivity contribution < 1.29 is 4.74 Å². The smallest absolute Gasteiger partial charge is 0.0880 e. The summed E-state index contributed by atoms with van der Waals surface area (Å²) in [6, 6.07) is 5.75. The van der Waals surface area contributed by atoms with Crippen molar-refractivity contribution in [1.29, 1.82) is 0 Å². The minimum absolute atomic E-state index is 0.0426. The van der Waals surface area contributed by atoms with Gasteiger partial charge in [-0.3, -0.25) is 0 Å². The SMILES string of the molecule is CC(C)(C)NCC1CCOC1c1cccc(Cl)c1Cl. The Balaban J connectivity index is 2.12. The third-order valence-electron chi connectivity index (χ3n) is 3.40. The minimum atomic E-state index is 0.0426. The van der Waals surface area contributed by atoms with Crippen LogP contribution in [-0.2, 0) is 4.74 Å². The van der Waals surface area contributed by atoms with E-state index in [9.17, 15) is 0 Å². The molecule has 1 aliphatic rings. The van der Waals surface area contributed by atoms with Gasteiger partial charge in [0.25, 0.3) is 0 Å². The first-order valence-electron chi connectivity index (χ1n) is 6.69. The maximum absolute atomic E-state index is 6.30. The van der Waals surface area contributed by atoms with Gasteiger partial charge in [0, 0.05) is 30.2 Å². The van der Waals surface area contributed by atoms with Gasteiger partial charge in [-0.2, -0.15) is 0 Å². The highest BCUT2D eigenvalue weighted by Crippen LogP contribution is 2.40. The molecular weight excluding hydrogens is 281 g/mol. The molecule has 1 aromatic rings. The van der Waals surface area contributed by atoms with Gasteiger partial charge in [0.15, 0.2) is 0 Å². The van der Waals surface area contributed by atoms with Crippen LogP contribution in [0.1, 0.15) is 38.9 Å². The van der Waals surface area contributed by atoms with Crippen molar-refractivity contribution in [3.05, 3.63) is 33.8 Å². The average Bonchev–Trinajstić information content (AvgIpc) is 2.77. The molecule has 0 saturated carbocycles. The van der Waals surface area contributed by atoms with Crippen LogP contribution < -0.4 is 5.32 Å². The van der Waals surface area contributed by atoms with E-state index < -0.39 is 0 Å². The Kier molecular flexibility index (Phi) is 4.78. The molecule has 1 fully saturated rings. The molecule has 1 saturated heterocycles. The molecule has 4 heteroatoms. The molecule has 106 valence electrons. The van der Waals surface area contributed by atoms with Crippen LogP contribution >= 0.6 is 23.2 Å². The molecule has 1 aliphatic heterocycles. The topological polar surface area (TPSA) is 21.3 Å². The Hall–Kier alpha value is -0.280. The number of benzene rings is 1. The van der Waals surface area contributed by atoms with Crippen molar-refractivity contribution in [3.8, 4) is 0 Å². The third-order valence-corrected chi connectivity index (χ3v) is 4.23. The van der Waals surface area contributed by atoms with E-state index in [1.165, 1.54) is 0 Å². The first-order chi connectivity index (χ1) is 8.88. The second-order valence-corrected chi connectivity index (χ2v) is 6.90. The zero-order valence-electron chi connectivity index (χ0n) is 11.7. The second kappa shape index (κ2) is 6.01. The summed E-state index contributed by atoms with van der Waals surface area (Å²) in [6.45, 7) is 8.22. The van der Waals surface area contributed by atoms with Gasteiger partial charge in [-0.25, -0.2) is 0 Å². The van der Waals surface area contributed by atoms with Crippen LogP contribution in [0.5, 0.6) is 0 Å². The van der Waals surface area contributed by atoms with E-state index in [1.54, 1.807) is 0 Å². The molecule has 0 radical (unpaired) electrons. The third kappa shape index (κ3) is 3.85. The van der Waals surface area contributed by atoms with Gasteiger partial charge in [0.05, 0.1) is 16.1 Å². The summed E-state index contributed by atoms with van der Waals surface area (Å²) in [5.41, 5.74) is 1.12. The van der Waals surface area contributed by atoms with Crippen LogP contribution in [0.25, 0.3) is 0 Å². The Bertz CT molecular complexity index is 442. The van der Waals surface area contributed by atoms with Crippen molar-refractivity contribution >= 4 is 23.2 Å². The lowest BCUT2D eigenvalue weighted by Crippen LogP contribution is -2.39. The van der Waals surface area contributed by atoms with Crippen molar-refractivity contribution in [2.24, 2.45) is 5.92 Å². The molecular formula is C15H21Cl2NO. The molecule has 0 aliphatic carbocycles. The van der Waals surface area contributed by atoms with E-state index in [-0.39, 0.29) is 11.6 Å². The summed E-state index contributed by atoms with van der Waals surface area (Å²) in [6.07, 6.45) is 1.09. The Labute approximate surface area is 125 Å². The molecule has 0 aromatic heterocycles. The molecule has 1 aromatic carbocycles. The van der Waals surface area contributed by atoms with Gasteiger partial charge in [-0.05, 0) is 33.3 Å². The lowest BCUT2D eigenvalue weighted by atomic mass is 9.94. The quantitative estimate of drug-likeness (QED) is 0.890. The predicted molar refractivity (Wildman–Crippen MR) is 81.0 cm³/mol. The summed E-state index contributed by atoms with van der Waals surface area (Å²) >= 11 is 12.4. The molecule has 1 heterocycles. The van der Waals surface area contributed by atoms with E-state index in [0.717, 1.165) is 25.1 Å². The van der Waals surface area contributed by atoms with Crippen molar-refractivity contribution in [1.82, 2.24) is 5.32 Å². The first-order valence-corrected chi connectivity index (χ1v) is 7.44. The molecule has 2 rings (SSSR count). The van der Waals surface area contributed by atoms with Crippen LogP contribution in [0.15, 0.2) is 18.2 Å². The monoisotopic (exact) mass is 301 g/mol. The normalized spacial score (nSPS) is 23.8. The molecule has 2 nitrogen and oxygen atoms in total. The Morgan fingerprint density at radius 3 is 2.74 bits per heavy atom. The Morgan fingerprint density at radius 1 is 1.32 bits per heavy atom. The van der Waals surface area contributed by atoms with Gasteiger partial charge < -0.3 is 10.1 Å². The van der Waals surface area contributed by atoms with Gasteiger partial charge in [0.2, 0.25) is 0 Å². The van der Waals surface area contributed by atoms with Crippen LogP contribution in [0, 0.1) is 5.92 Å². The lowest BCUT2D eigenvalue weighted by Gasteiger charge is -2.26. The fourth-order valence-corrected chi connectivity index (χ4v) is 2.78. The van der Waals surface area contributed by atoms with E-state index in [0.29, 0.717) is 16.0 Å². The van der Waals surface area contributed by atoms with Gasteiger partial charge in [-0.15, -0.1) is 0 Å². The highest BCUT2D eigenvalue weighted by atomic mass is 35.5. The average molecular weight is 302 g/mol. The van der Waals surface area contributed by atoms with Crippen LogP contribution in [0.3, 0.4) is 0 Å². The molecule has 2 atom stereocenters. The summed E-state index contributed by atoms with van der Waals surface area (Å²) in [5.74, 6) is 0.440. The maximum atomic E-state index is 6.30. The molecule has 0 amide bonds. The van der Waals surface area contributed by atoms with Gasteiger partial charge in [-0.1, -0.05) is 35.3 Å². The summed E-state index contributed by atoms with van der Waals surface area (Å²) < 4.78 is 5.87. The summed E-state index contributed by atoms with van der Waals surface area (Å²) in [5, 5.41) is 4.76. The second-order valence-electron chi connectivity index (χ2n) is 6.11. The van der Waals surface area contributed by atoms with E-state index >= 15 is 0 Å². The fraction of sp³-hybridized carbons (Fsp3) is 0.600. The van der Waals surface area contributed by atoms with Crippen molar-refractivity contribution in [3.63, 3.8) is 0 Å². The number of hydrogen-bond acceptors (Lipinski definition) is 2. The molecule has 0 bridgehead atoms. The number of rotatable bonds is 3. The maximum Gasteiger partial charge on any atom is 0.0880 e. The number of hydrogen-bond donors (Lipinski definition) is 1. The van der Waals surface area contributed by atoms with Crippen LogP contribution in [0.4, 0.5) is 0 Å². The van der Waals surface area contributed by atoms with E-state index in [4.69, 9.17) is 27.9 Å². The van der Waals surface area contributed by atoms with Gasteiger partial charge >= 0.3 is 0 Å². The first kappa shape index (κ1) is 15.1. The minimum Gasteiger partial charge on any atom is -0.373 e. The van der Waals surface area contributed by atoms with Crippen LogP contribution in [0.2, 0.25) is 10.0 Å². The van der Waals surface area contributed by atoms with E-state index in [1.807, 2.05) is 18.2 Å². The highest BCUT2D eigenvalue weighted by molar-refractivity contribution is 6.42. The number of halogens is 2. The number of ether oxygens (including phenoxy) is 1. The molecule has 2 unspecified atom stereocenters. The molecule has 0 spiro atoms.